The van der Waals surface area contributed by atoms with Crippen molar-refractivity contribution in [2.75, 3.05) is 0 Å². The standard InChI is InChI=1S/C27H37ClO2/c1-25(30)14-15-26(2)18(16-25)6-9-20-21-10-11-23(27(21,3)13-12-22(20)26)24(29)17-4-7-19(28)8-5-17/h4-5,7-8,18,20-23,30H,6,9-16H2,1-3H3/t18-,20+,21+,22+,23-,25-,26+,27+/m1/s1. The van der Waals surface area contributed by atoms with Crippen LogP contribution >= 0.6 is 11.6 Å². The van der Waals surface area contributed by atoms with Crippen LogP contribution in [0, 0.1) is 40.4 Å². The molecule has 0 aromatic heterocycles. The van der Waals surface area contributed by atoms with Crippen molar-refractivity contribution in [2.24, 2.45) is 40.4 Å². The van der Waals surface area contributed by atoms with Crippen LogP contribution in [0.4, 0.5) is 0 Å². The summed E-state index contributed by atoms with van der Waals surface area (Å²) >= 11 is 6.05. The maximum Gasteiger partial charge on any atom is 0.166 e. The minimum Gasteiger partial charge on any atom is -0.390 e. The van der Waals surface area contributed by atoms with Crippen molar-refractivity contribution in [1.29, 1.82) is 0 Å². The molecule has 4 aliphatic carbocycles. The first-order valence-corrected chi connectivity index (χ1v) is 12.5. The first-order chi connectivity index (χ1) is 14.1. The van der Waals surface area contributed by atoms with Gasteiger partial charge in [-0.15, -0.1) is 0 Å². The topological polar surface area (TPSA) is 37.3 Å². The lowest BCUT2D eigenvalue weighted by Crippen LogP contribution is -2.55. The largest absolute Gasteiger partial charge is 0.390 e. The molecule has 0 saturated heterocycles. The first-order valence-electron chi connectivity index (χ1n) is 12.2. The molecule has 164 valence electrons. The Morgan fingerprint density at radius 3 is 2.33 bits per heavy atom. The van der Waals surface area contributed by atoms with Crippen molar-refractivity contribution in [2.45, 2.75) is 84.2 Å². The number of rotatable bonds is 2. The number of Topliss-reactive ketones (excluding diaryl/α,β-unsaturated/α-hetero) is 1. The van der Waals surface area contributed by atoms with Crippen molar-refractivity contribution in [3.8, 4) is 0 Å². The van der Waals surface area contributed by atoms with Crippen LogP contribution in [-0.4, -0.2) is 16.5 Å². The highest BCUT2D eigenvalue weighted by molar-refractivity contribution is 6.30. The Balaban J connectivity index is 1.39. The molecule has 8 atom stereocenters. The Bertz CT molecular complexity index is 830. The number of hydrogen-bond donors (Lipinski definition) is 1. The number of fused-ring (bicyclic) bond motifs is 5. The highest BCUT2D eigenvalue weighted by Crippen LogP contribution is 2.68. The summed E-state index contributed by atoms with van der Waals surface area (Å²) in [5.74, 6) is 3.37. The number of ketones is 1. The van der Waals surface area contributed by atoms with E-state index in [4.69, 9.17) is 11.6 Å². The molecule has 1 N–H and O–H groups in total. The van der Waals surface area contributed by atoms with Gasteiger partial charge in [-0.2, -0.15) is 0 Å². The van der Waals surface area contributed by atoms with Gasteiger partial charge >= 0.3 is 0 Å². The molecule has 0 heterocycles. The molecule has 4 fully saturated rings. The minimum atomic E-state index is -0.469. The lowest BCUT2D eigenvalue weighted by atomic mass is 9.44. The Labute approximate surface area is 186 Å². The maximum atomic E-state index is 13.5. The molecule has 4 saturated carbocycles. The van der Waals surface area contributed by atoms with E-state index < -0.39 is 5.60 Å². The zero-order valence-corrected chi connectivity index (χ0v) is 19.5. The molecule has 5 rings (SSSR count). The minimum absolute atomic E-state index is 0.140. The summed E-state index contributed by atoms with van der Waals surface area (Å²) in [5.41, 5.74) is 0.883. The number of aliphatic hydroxyl groups is 1. The highest BCUT2D eigenvalue weighted by Gasteiger charge is 2.61. The molecule has 0 spiro atoms. The third-order valence-electron chi connectivity index (χ3n) is 10.4. The summed E-state index contributed by atoms with van der Waals surface area (Å²) in [6.45, 7) is 7.01. The second-order valence-corrected chi connectivity index (χ2v) is 12.3. The van der Waals surface area contributed by atoms with Gasteiger partial charge in [-0.1, -0.05) is 25.4 Å². The number of carbonyl (C=O) groups excluding carboxylic acids is 1. The Morgan fingerprint density at radius 1 is 0.900 bits per heavy atom. The van der Waals surface area contributed by atoms with Crippen LogP contribution in [0.1, 0.15) is 88.9 Å². The van der Waals surface area contributed by atoms with Crippen LogP contribution in [0.5, 0.6) is 0 Å². The summed E-state index contributed by atoms with van der Waals surface area (Å²) in [6.07, 6.45) is 10.3. The van der Waals surface area contributed by atoms with Crippen molar-refractivity contribution in [3.05, 3.63) is 34.9 Å². The fraction of sp³-hybridized carbons (Fsp3) is 0.741. The van der Waals surface area contributed by atoms with Gasteiger partial charge in [-0.25, -0.2) is 0 Å². The average Bonchev–Trinajstić information content (AvgIpc) is 3.05. The molecule has 0 unspecified atom stereocenters. The predicted molar refractivity (Wildman–Crippen MR) is 122 cm³/mol. The van der Waals surface area contributed by atoms with Gasteiger partial charge < -0.3 is 5.11 Å². The molecule has 2 nitrogen and oxygen atoms in total. The van der Waals surface area contributed by atoms with Gasteiger partial charge in [0.25, 0.3) is 0 Å². The molecule has 0 aliphatic heterocycles. The van der Waals surface area contributed by atoms with Crippen LogP contribution in [0.2, 0.25) is 5.02 Å². The van der Waals surface area contributed by atoms with E-state index >= 15 is 0 Å². The lowest BCUT2D eigenvalue weighted by Gasteiger charge is -2.61. The molecule has 0 radical (unpaired) electrons. The number of benzene rings is 1. The fourth-order valence-electron chi connectivity index (χ4n) is 8.68. The molecule has 3 heteroatoms. The van der Waals surface area contributed by atoms with Gasteiger partial charge in [0, 0.05) is 16.5 Å². The zero-order chi connectivity index (χ0) is 21.3. The normalized spacial score (nSPS) is 47.8. The van der Waals surface area contributed by atoms with E-state index in [0.29, 0.717) is 28.1 Å². The molecule has 0 amide bonds. The van der Waals surface area contributed by atoms with E-state index in [1.165, 1.54) is 38.5 Å². The molecular weight excluding hydrogens is 392 g/mol. The second-order valence-electron chi connectivity index (χ2n) is 11.9. The third-order valence-corrected chi connectivity index (χ3v) is 10.7. The molecule has 4 aliphatic rings. The second kappa shape index (κ2) is 7.07. The summed E-state index contributed by atoms with van der Waals surface area (Å²) in [5, 5.41) is 11.4. The maximum absolute atomic E-state index is 13.5. The van der Waals surface area contributed by atoms with Crippen LogP contribution in [0.3, 0.4) is 0 Å². The van der Waals surface area contributed by atoms with Gasteiger partial charge in [0.1, 0.15) is 0 Å². The summed E-state index contributed by atoms with van der Waals surface area (Å²) in [6, 6.07) is 7.52. The summed E-state index contributed by atoms with van der Waals surface area (Å²) in [7, 11) is 0. The van der Waals surface area contributed by atoms with Gasteiger partial charge in [0.15, 0.2) is 5.78 Å². The Hall–Kier alpha value is -0.860. The lowest BCUT2D eigenvalue weighted by molar-refractivity contribution is -0.144. The average molecular weight is 429 g/mol. The summed E-state index contributed by atoms with van der Waals surface area (Å²) in [4.78, 5) is 13.5. The van der Waals surface area contributed by atoms with E-state index in [1.807, 2.05) is 31.2 Å². The van der Waals surface area contributed by atoms with E-state index in [1.54, 1.807) is 0 Å². The van der Waals surface area contributed by atoms with Crippen molar-refractivity contribution >= 4 is 17.4 Å². The number of halogens is 1. The highest BCUT2D eigenvalue weighted by atomic mass is 35.5. The van der Waals surface area contributed by atoms with E-state index in [-0.39, 0.29) is 11.3 Å². The van der Waals surface area contributed by atoms with Gasteiger partial charge in [-0.05, 0) is 123 Å². The molecule has 30 heavy (non-hydrogen) atoms. The monoisotopic (exact) mass is 428 g/mol. The number of hydrogen-bond acceptors (Lipinski definition) is 2. The van der Waals surface area contributed by atoms with Gasteiger partial charge in [0.05, 0.1) is 5.60 Å². The van der Waals surface area contributed by atoms with Gasteiger partial charge in [0.2, 0.25) is 0 Å². The van der Waals surface area contributed by atoms with Crippen molar-refractivity contribution < 1.29 is 9.90 Å². The SMILES string of the molecule is C[C@@]1(O)CC[C@@]2(C)[C@H](CC[C@@H]3[C@@H]2CC[C@]2(C)[C@@H](C(=O)c4ccc(Cl)cc4)CC[C@@H]32)C1. The molecule has 0 bridgehead atoms. The van der Waals surface area contributed by atoms with Crippen LogP contribution in [0.25, 0.3) is 0 Å². The number of carbonyl (C=O) groups is 1. The third kappa shape index (κ3) is 3.12. The predicted octanol–water partition coefficient (Wildman–Crippen LogP) is 6.93. The van der Waals surface area contributed by atoms with Crippen LogP contribution in [0.15, 0.2) is 24.3 Å². The van der Waals surface area contributed by atoms with Gasteiger partial charge in [-0.3, -0.25) is 4.79 Å². The van der Waals surface area contributed by atoms with Crippen LogP contribution in [-0.2, 0) is 0 Å². The van der Waals surface area contributed by atoms with Crippen molar-refractivity contribution in [1.82, 2.24) is 0 Å². The van der Waals surface area contributed by atoms with E-state index in [9.17, 15) is 9.90 Å². The molecular formula is C27H37ClO2. The zero-order valence-electron chi connectivity index (χ0n) is 18.8. The fourth-order valence-corrected chi connectivity index (χ4v) is 8.80. The Kier molecular flexibility index (Phi) is 4.95. The van der Waals surface area contributed by atoms with Crippen molar-refractivity contribution in [3.63, 3.8) is 0 Å². The first kappa shape index (κ1) is 21.0. The van der Waals surface area contributed by atoms with E-state index in [0.717, 1.165) is 36.7 Å². The van der Waals surface area contributed by atoms with Crippen LogP contribution < -0.4 is 0 Å². The molecule has 1 aromatic rings. The molecule has 1 aromatic carbocycles. The Morgan fingerprint density at radius 2 is 1.60 bits per heavy atom. The quantitative estimate of drug-likeness (QED) is 0.518. The smallest absolute Gasteiger partial charge is 0.166 e. The van der Waals surface area contributed by atoms with E-state index in [2.05, 4.69) is 13.8 Å². The summed E-state index contributed by atoms with van der Waals surface area (Å²) < 4.78 is 0.